The fourth-order valence-corrected chi connectivity index (χ4v) is 2.63. The molecule has 4 heteroatoms. The number of terminal acetylenes is 1. The number of likely N-dealkylation sites (tertiary alicyclic amines) is 1. The number of rotatable bonds is 7. The van der Waals surface area contributed by atoms with E-state index in [1.54, 1.807) is 0 Å². The van der Waals surface area contributed by atoms with Crippen molar-refractivity contribution < 1.29 is 9.53 Å². The summed E-state index contributed by atoms with van der Waals surface area (Å²) >= 11 is 0. The van der Waals surface area contributed by atoms with E-state index in [-0.39, 0.29) is 12.5 Å². The minimum absolute atomic E-state index is 0.254. The Labute approximate surface area is 132 Å². The number of amides is 1. The lowest BCUT2D eigenvalue weighted by atomic mass is 10.1. The molecule has 0 atom stereocenters. The third kappa shape index (κ3) is 5.09. The minimum atomic E-state index is 0.254. The van der Waals surface area contributed by atoms with Gasteiger partial charge in [0.1, 0.15) is 12.4 Å². The molecule has 1 amide bonds. The molecule has 0 spiro atoms. The molecule has 1 aliphatic heterocycles. The van der Waals surface area contributed by atoms with E-state index in [2.05, 4.69) is 11.2 Å². The molecule has 0 aromatic heterocycles. The molecule has 1 aromatic carbocycles. The molecule has 0 saturated carbocycles. The smallest absolute Gasteiger partial charge is 0.223 e. The number of carbonyl (C=O) groups is 1. The van der Waals surface area contributed by atoms with Crippen LogP contribution in [0.1, 0.15) is 31.2 Å². The largest absolute Gasteiger partial charge is 0.481 e. The molecule has 0 radical (unpaired) electrons. The van der Waals surface area contributed by atoms with Gasteiger partial charge in [0.05, 0.1) is 0 Å². The summed E-state index contributed by atoms with van der Waals surface area (Å²) in [5.41, 5.74) is 1.06. The molecular weight excluding hydrogens is 276 g/mol. The van der Waals surface area contributed by atoms with Crippen LogP contribution < -0.4 is 10.1 Å². The number of ether oxygens (including phenoxy) is 1. The van der Waals surface area contributed by atoms with Crippen molar-refractivity contribution in [2.45, 2.75) is 32.2 Å². The van der Waals surface area contributed by atoms with Crippen LogP contribution in [0.2, 0.25) is 0 Å². The first-order chi connectivity index (χ1) is 10.8. The zero-order valence-corrected chi connectivity index (χ0v) is 13.0. The Kier molecular flexibility index (Phi) is 6.79. The van der Waals surface area contributed by atoms with Gasteiger partial charge >= 0.3 is 0 Å². The van der Waals surface area contributed by atoms with Crippen molar-refractivity contribution in [2.24, 2.45) is 0 Å². The number of hydrogen-bond donors (Lipinski definition) is 1. The summed E-state index contributed by atoms with van der Waals surface area (Å²) in [7, 11) is 0. The van der Waals surface area contributed by atoms with Crippen LogP contribution in [0.5, 0.6) is 5.75 Å². The maximum Gasteiger partial charge on any atom is 0.223 e. The first-order valence-corrected chi connectivity index (χ1v) is 7.94. The molecule has 4 nitrogen and oxygen atoms in total. The SMILES string of the molecule is C#CCOc1ccccc1CNCCC(=O)N1CCCCC1. The second-order valence-electron chi connectivity index (χ2n) is 5.47. The Hall–Kier alpha value is -1.99. The summed E-state index contributed by atoms with van der Waals surface area (Å²) in [6.45, 7) is 3.46. The Bertz CT molecular complexity index is 516. The summed E-state index contributed by atoms with van der Waals surface area (Å²) in [5, 5.41) is 3.31. The van der Waals surface area contributed by atoms with Crippen molar-refractivity contribution >= 4 is 5.91 Å². The van der Waals surface area contributed by atoms with E-state index in [0.29, 0.717) is 19.5 Å². The zero-order chi connectivity index (χ0) is 15.6. The molecule has 22 heavy (non-hydrogen) atoms. The maximum atomic E-state index is 12.1. The van der Waals surface area contributed by atoms with Crippen molar-refractivity contribution in [3.8, 4) is 18.1 Å². The van der Waals surface area contributed by atoms with Gasteiger partial charge in [-0.1, -0.05) is 24.1 Å². The molecule has 0 unspecified atom stereocenters. The zero-order valence-electron chi connectivity index (χ0n) is 13.0. The fraction of sp³-hybridized carbons (Fsp3) is 0.500. The van der Waals surface area contributed by atoms with E-state index in [0.717, 1.165) is 37.2 Å². The average molecular weight is 300 g/mol. The molecule has 1 aliphatic rings. The number of piperidine rings is 1. The normalized spacial score (nSPS) is 14.4. The molecule has 2 rings (SSSR count). The van der Waals surface area contributed by atoms with Crippen molar-refractivity contribution in [3.05, 3.63) is 29.8 Å². The van der Waals surface area contributed by atoms with E-state index in [1.807, 2.05) is 29.2 Å². The summed E-state index contributed by atoms with van der Waals surface area (Å²) in [5.74, 6) is 3.52. The molecule has 1 fully saturated rings. The summed E-state index contributed by atoms with van der Waals surface area (Å²) in [4.78, 5) is 14.0. The van der Waals surface area contributed by atoms with E-state index >= 15 is 0 Å². The van der Waals surface area contributed by atoms with Crippen molar-refractivity contribution in [3.63, 3.8) is 0 Å². The molecule has 1 heterocycles. The number of nitrogens with one attached hydrogen (secondary N) is 1. The lowest BCUT2D eigenvalue weighted by molar-refractivity contribution is -0.131. The monoisotopic (exact) mass is 300 g/mol. The van der Waals surface area contributed by atoms with E-state index in [1.165, 1.54) is 6.42 Å². The van der Waals surface area contributed by atoms with Gasteiger partial charge in [0.2, 0.25) is 5.91 Å². The van der Waals surface area contributed by atoms with Crippen LogP contribution in [0.15, 0.2) is 24.3 Å². The van der Waals surface area contributed by atoms with Crippen LogP contribution >= 0.6 is 0 Å². The molecule has 1 saturated heterocycles. The van der Waals surface area contributed by atoms with Gasteiger partial charge in [-0.25, -0.2) is 0 Å². The quantitative estimate of drug-likeness (QED) is 0.620. The summed E-state index contributed by atoms with van der Waals surface area (Å²) in [6.07, 6.45) is 9.29. The highest BCUT2D eigenvalue weighted by atomic mass is 16.5. The molecule has 118 valence electrons. The lowest BCUT2D eigenvalue weighted by Crippen LogP contribution is -2.37. The van der Waals surface area contributed by atoms with Crippen molar-refractivity contribution in [1.29, 1.82) is 0 Å². The van der Waals surface area contributed by atoms with Gasteiger partial charge in [0.25, 0.3) is 0 Å². The van der Waals surface area contributed by atoms with Gasteiger partial charge in [0.15, 0.2) is 0 Å². The minimum Gasteiger partial charge on any atom is -0.481 e. The summed E-state index contributed by atoms with van der Waals surface area (Å²) < 4.78 is 5.51. The van der Waals surface area contributed by atoms with Gasteiger partial charge in [0, 0.05) is 38.2 Å². The van der Waals surface area contributed by atoms with Crippen LogP contribution in [0, 0.1) is 12.3 Å². The van der Waals surface area contributed by atoms with Crippen molar-refractivity contribution in [1.82, 2.24) is 10.2 Å². The first-order valence-electron chi connectivity index (χ1n) is 7.94. The lowest BCUT2D eigenvalue weighted by Gasteiger charge is -2.26. The number of para-hydroxylation sites is 1. The number of nitrogens with zero attached hydrogens (tertiary/aromatic N) is 1. The molecule has 0 aliphatic carbocycles. The van der Waals surface area contributed by atoms with Gasteiger partial charge in [-0.2, -0.15) is 0 Å². The molecule has 0 bridgehead atoms. The number of carbonyl (C=O) groups excluding carboxylic acids is 1. The predicted molar refractivity (Wildman–Crippen MR) is 87.5 cm³/mol. The highest BCUT2D eigenvalue weighted by Crippen LogP contribution is 2.17. The maximum absolute atomic E-state index is 12.1. The van der Waals surface area contributed by atoms with Gasteiger partial charge < -0.3 is 15.0 Å². The predicted octanol–water partition coefficient (Wildman–Crippen LogP) is 2.19. The Balaban J connectivity index is 1.72. The third-order valence-electron chi connectivity index (χ3n) is 3.82. The topological polar surface area (TPSA) is 41.6 Å². The van der Waals surface area contributed by atoms with E-state index < -0.39 is 0 Å². The Morgan fingerprint density at radius 1 is 1.27 bits per heavy atom. The standard InChI is InChI=1S/C18H24N2O2/c1-2-14-22-17-9-5-4-8-16(17)15-19-11-10-18(21)20-12-6-3-7-13-20/h1,4-5,8-9,19H,3,6-7,10-15H2. The van der Waals surface area contributed by atoms with Crippen LogP contribution in [-0.4, -0.2) is 37.0 Å². The Morgan fingerprint density at radius 2 is 2.05 bits per heavy atom. The van der Waals surface area contributed by atoms with Crippen LogP contribution in [-0.2, 0) is 11.3 Å². The van der Waals surface area contributed by atoms with Crippen LogP contribution in [0.3, 0.4) is 0 Å². The van der Waals surface area contributed by atoms with E-state index in [4.69, 9.17) is 11.2 Å². The highest BCUT2D eigenvalue weighted by Gasteiger charge is 2.15. The molecular formula is C18H24N2O2. The summed E-state index contributed by atoms with van der Waals surface area (Å²) in [6, 6.07) is 7.81. The average Bonchev–Trinajstić information content (AvgIpc) is 2.58. The van der Waals surface area contributed by atoms with Gasteiger partial charge in [-0.3, -0.25) is 4.79 Å². The van der Waals surface area contributed by atoms with Crippen molar-refractivity contribution in [2.75, 3.05) is 26.2 Å². The second-order valence-corrected chi connectivity index (χ2v) is 5.47. The molecule has 1 aromatic rings. The van der Waals surface area contributed by atoms with Gasteiger partial charge in [-0.05, 0) is 25.3 Å². The fourth-order valence-electron chi connectivity index (χ4n) is 2.63. The van der Waals surface area contributed by atoms with Crippen LogP contribution in [0.25, 0.3) is 0 Å². The second kappa shape index (κ2) is 9.11. The van der Waals surface area contributed by atoms with Crippen LogP contribution in [0.4, 0.5) is 0 Å². The van der Waals surface area contributed by atoms with Gasteiger partial charge in [-0.15, -0.1) is 6.42 Å². The Morgan fingerprint density at radius 3 is 2.82 bits per heavy atom. The number of hydrogen-bond acceptors (Lipinski definition) is 3. The third-order valence-corrected chi connectivity index (χ3v) is 3.82. The highest BCUT2D eigenvalue weighted by molar-refractivity contribution is 5.76. The molecule has 1 N–H and O–H groups in total. The number of benzene rings is 1. The van der Waals surface area contributed by atoms with E-state index in [9.17, 15) is 4.79 Å². The first kappa shape index (κ1) is 16.4.